The molecule has 1 fully saturated rings. The highest BCUT2D eigenvalue weighted by Crippen LogP contribution is 2.25. The summed E-state index contributed by atoms with van der Waals surface area (Å²) in [6.45, 7) is 6.55. The quantitative estimate of drug-likeness (QED) is 0.469. The molecule has 0 bridgehead atoms. The molecule has 1 aliphatic rings. The van der Waals surface area contributed by atoms with Crippen molar-refractivity contribution in [3.63, 3.8) is 0 Å². The number of hydrogen-bond acceptors (Lipinski definition) is 5. The van der Waals surface area contributed by atoms with Crippen molar-refractivity contribution in [1.29, 1.82) is 0 Å². The largest absolute Gasteiger partial charge is 0.462 e. The number of benzene rings is 2. The molecule has 6 nitrogen and oxygen atoms in total. The van der Waals surface area contributed by atoms with Crippen LogP contribution in [0.1, 0.15) is 49.5 Å². The molecule has 0 unspecified atom stereocenters. The first kappa shape index (κ1) is 24.5. The Morgan fingerprint density at radius 3 is 2.27 bits per heavy atom. The summed E-state index contributed by atoms with van der Waals surface area (Å²) in [6.07, 6.45) is 1.50. The van der Waals surface area contributed by atoms with Crippen LogP contribution >= 0.6 is 0 Å². The number of ether oxygens (including phenoxy) is 2. The average molecular weight is 452 g/mol. The van der Waals surface area contributed by atoms with Crippen LogP contribution in [0.2, 0.25) is 0 Å². The molecule has 2 aromatic carbocycles. The number of nitrogens with zero attached hydrogens (tertiary/aromatic N) is 1. The van der Waals surface area contributed by atoms with Gasteiger partial charge in [0.05, 0.1) is 18.2 Å². The number of carbonyl (C=O) groups is 3. The van der Waals surface area contributed by atoms with Crippen LogP contribution in [0.5, 0.6) is 0 Å². The summed E-state index contributed by atoms with van der Waals surface area (Å²) in [5, 5.41) is 0. The van der Waals surface area contributed by atoms with E-state index in [1.54, 1.807) is 24.3 Å². The second kappa shape index (κ2) is 11.6. The van der Waals surface area contributed by atoms with Crippen molar-refractivity contribution in [3.05, 3.63) is 71.8 Å². The topological polar surface area (TPSA) is 72.9 Å². The third-order valence-electron chi connectivity index (χ3n) is 6.00. The molecule has 1 heterocycles. The lowest BCUT2D eigenvalue weighted by Gasteiger charge is -2.25. The Morgan fingerprint density at radius 1 is 0.970 bits per heavy atom. The monoisotopic (exact) mass is 451 g/mol. The Kier molecular flexibility index (Phi) is 8.64. The molecular weight excluding hydrogens is 418 g/mol. The third kappa shape index (κ3) is 6.91. The lowest BCUT2D eigenvalue weighted by Crippen LogP contribution is -2.43. The number of esters is 1. The van der Waals surface area contributed by atoms with Gasteiger partial charge in [-0.25, -0.2) is 14.5 Å². The highest BCUT2D eigenvalue weighted by Gasteiger charge is 2.39. The molecule has 0 radical (unpaired) electrons. The van der Waals surface area contributed by atoms with E-state index in [2.05, 4.69) is 6.92 Å². The smallest absolute Gasteiger partial charge is 0.416 e. The van der Waals surface area contributed by atoms with E-state index >= 15 is 0 Å². The Labute approximate surface area is 195 Å². The van der Waals surface area contributed by atoms with Crippen molar-refractivity contribution in [3.8, 4) is 0 Å². The number of amides is 2. The molecule has 0 spiro atoms. The van der Waals surface area contributed by atoms with E-state index in [0.717, 1.165) is 12.0 Å². The van der Waals surface area contributed by atoms with Crippen molar-refractivity contribution in [1.82, 2.24) is 4.90 Å². The van der Waals surface area contributed by atoms with E-state index in [1.165, 1.54) is 4.90 Å². The van der Waals surface area contributed by atoms with Crippen molar-refractivity contribution in [2.24, 2.45) is 17.8 Å². The average Bonchev–Trinajstić information content (AvgIpc) is 3.17. The van der Waals surface area contributed by atoms with Crippen molar-refractivity contribution in [2.75, 3.05) is 13.2 Å². The number of carbonyl (C=O) groups excluding carboxylic acids is 3. The summed E-state index contributed by atoms with van der Waals surface area (Å²) in [4.78, 5) is 38.8. The molecule has 0 aliphatic carbocycles. The Bertz CT molecular complexity index is 930. The van der Waals surface area contributed by atoms with Gasteiger partial charge in [-0.1, -0.05) is 69.3 Å². The maximum Gasteiger partial charge on any atom is 0.416 e. The van der Waals surface area contributed by atoms with Crippen LogP contribution < -0.4 is 0 Å². The molecule has 3 rings (SSSR count). The van der Waals surface area contributed by atoms with E-state index < -0.39 is 6.09 Å². The minimum atomic E-state index is -0.554. The van der Waals surface area contributed by atoms with Gasteiger partial charge < -0.3 is 9.47 Å². The van der Waals surface area contributed by atoms with E-state index in [-0.39, 0.29) is 42.3 Å². The van der Waals surface area contributed by atoms with Gasteiger partial charge in [0.2, 0.25) is 5.91 Å². The standard InChI is InChI=1S/C27H33NO5/c1-19(14-20(2)17-32-26(30)23-12-8-5-9-13-23)15-21(3)25(29)28-24(18-33-27(28)31)16-22-10-6-4-7-11-22/h4-13,19-21,24H,14-18H2,1-3H3/t19-,20+,21+,24+/m1/s1. The fourth-order valence-corrected chi connectivity index (χ4v) is 4.44. The molecule has 0 aromatic heterocycles. The van der Waals surface area contributed by atoms with Crippen molar-refractivity contribution < 1.29 is 23.9 Å². The molecule has 2 aromatic rings. The van der Waals surface area contributed by atoms with Gasteiger partial charge in [-0.05, 0) is 48.8 Å². The summed E-state index contributed by atoms with van der Waals surface area (Å²) in [7, 11) is 0. The first-order chi connectivity index (χ1) is 15.8. The number of hydrogen-bond donors (Lipinski definition) is 0. The van der Waals surface area contributed by atoms with Gasteiger partial charge in [-0.15, -0.1) is 0 Å². The number of rotatable bonds is 10. The van der Waals surface area contributed by atoms with Crippen LogP contribution in [0.25, 0.3) is 0 Å². The second-order valence-corrected chi connectivity index (χ2v) is 9.18. The Morgan fingerprint density at radius 2 is 1.61 bits per heavy atom. The first-order valence-electron chi connectivity index (χ1n) is 11.6. The maximum atomic E-state index is 13.1. The van der Waals surface area contributed by atoms with Gasteiger partial charge in [-0.3, -0.25) is 4.79 Å². The minimum absolute atomic E-state index is 0.164. The van der Waals surface area contributed by atoms with Crippen molar-refractivity contribution in [2.45, 2.75) is 46.1 Å². The zero-order valence-corrected chi connectivity index (χ0v) is 19.6. The molecule has 4 atom stereocenters. The van der Waals surface area contributed by atoms with Gasteiger partial charge in [0.15, 0.2) is 0 Å². The van der Waals surface area contributed by atoms with Crippen LogP contribution in [0.4, 0.5) is 4.79 Å². The number of cyclic esters (lactones) is 1. The van der Waals surface area contributed by atoms with Crippen LogP contribution in [0, 0.1) is 17.8 Å². The molecule has 2 amide bonds. The van der Waals surface area contributed by atoms with E-state index in [4.69, 9.17) is 9.47 Å². The van der Waals surface area contributed by atoms with E-state index in [1.807, 2.05) is 50.2 Å². The predicted octanol–water partition coefficient (Wildman–Crippen LogP) is 5.12. The fraction of sp³-hybridized carbons (Fsp3) is 0.444. The first-order valence-corrected chi connectivity index (χ1v) is 11.6. The Hall–Kier alpha value is -3.15. The molecular formula is C27H33NO5. The van der Waals surface area contributed by atoms with Gasteiger partial charge in [0.1, 0.15) is 6.61 Å². The van der Waals surface area contributed by atoms with Crippen LogP contribution in [0.3, 0.4) is 0 Å². The normalized spacial score (nSPS) is 18.3. The van der Waals surface area contributed by atoms with Crippen molar-refractivity contribution >= 4 is 18.0 Å². The number of imide groups is 1. The molecule has 1 aliphatic heterocycles. The van der Waals surface area contributed by atoms with Gasteiger partial charge in [-0.2, -0.15) is 0 Å². The maximum absolute atomic E-state index is 13.1. The second-order valence-electron chi connectivity index (χ2n) is 9.18. The van der Waals surface area contributed by atoms with Gasteiger partial charge >= 0.3 is 12.1 Å². The summed E-state index contributed by atoms with van der Waals surface area (Å²) < 4.78 is 10.6. The zero-order chi connectivity index (χ0) is 23.8. The van der Waals surface area contributed by atoms with Crippen LogP contribution in [-0.2, 0) is 20.7 Å². The fourth-order valence-electron chi connectivity index (χ4n) is 4.44. The minimum Gasteiger partial charge on any atom is -0.462 e. The third-order valence-corrected chi connectivity index (χ3v) is 6.00. The van der Waals surface area contributed by atoms with Gasteiger partial charge in [0.25, 0.3) is 0 Å². The highest BCUT2D eigenvalue weighted by atomic mass is 16.6. The molecule has 1 saturated heterocycles. The summed E-state index contributed by atoms with van der Waals surface area (Å²) in [5.41, 5.74) is 1.61. The lowest BCUT2D eigenvalue weighted by atomic mass is 9.89. The van der Waals surface area contributed by atoms with Gasteiger partial charge in [0, 0.05) is 5.92 Å². The van der Waals surface area contributed by atoms with E-state index in [0.29, 0.717) is 25.0 Å². The van der Waals surface area contributed by atoms with Crippen LogP contribution in [0.15, 0.2) is 60.7 Å². The molecule has 0 N–H and O–H groups in total. The SMILES string of the molecule is C[C@H](COC(=O)c1ccccc1)C[C@@H](C)C[C@H](C)C(=O)N1C(=O)OC[C@@H]1Cc1ccccc1. The molecule has 33 heavy (non-hydrogen) atoms. The summed E-state index contributed by atoms with van der Waals surface area (Å²) in [6, 6.07) is 18.5. The zero-order valence-electron chi connectivity index (χ0n) is 19.6. The predicted molar refractivity (Wildman–Crippen MR) is 126 cm³/mol. The highest BCUT2D eigenvalue weighted by molar-refractivity contribution is 5.94. The summed E-state index contributed by atoms with van der Waals surface area (Å²) >= 11 is 0. The molecule has 6 heteroatoms. The van der Waals surface area contributed by atoms with Crippen LogP contribution in [-0.4, -0.2) is 42.1 Å². The molecule has 0 saturated carbocycles. The van der Waals surface area contributed by atoms with E-state index in [9.17, 15) is 14.4 Å². The lowest BCUT2D eigenvalue weighted by molar-refractivity contribution is -0.133. The summed E-state index contributed by atoms with van der Waals surface area (Å²) in [5.74, 6) is -0.412. The Balaban J connectivity index is 1.47. The molecule has 176 valence electrons.